The Balaban J connectivity index is 1.48. The van der Waals surface area contributed by atoms with Gasteiger partial charge >= 0.3 is 0 Å². The molecule has 0 unspecified atom stereocenters. The summed E-state index contributed by atoms with van der Waals surface area (Å²) in [5, 5.41) is 6.41. The topological polar surface area (TPSA) is 48.5 Å². The van der Waals surface area contributed by atoms with E-state index in [1.165, 1.54) is 19.3 Å². The van der Waals surface area contributed by atoms with Crippen LogP contribution in [-0.4, -0.2) is 54.1 Å². The van der Waals surface area contributed by atoms with Crippen LogP contribution in [0.25, 0.3) is 0 Å². The van der Waals surface area contributed by atoms with E-state index in [1.54, 1.807) is 11.3 Å². The standard InChI is InChI=1S/C17H28N4OS/c1-13-5-3-4-6-15(13)19-16(22)14(2)20-8-10-21(11-9-20)17-18-7-12-23-17/h7,12-15H,3-6,8-11H2,1-2H3,(H,19,22)/t13-,14-,15+/m0/s1. The predicted octanol–water partition coefficient (Wildman–Crippen LogP) is 2.35. The van der Waals surface area contributed by atoms with Gasteiger partial charge in [-0.1, -0.05) is 19.8 Å². The summed E-state index contributed by atoms with van der Waals surface area (Å²) in [6.45, 7) is 8.06. The molecule has 128 valence electrons. The number of anilines is 1. The van der Waals surface area contributed by atoms with Crippen molar-refractivity contribution in [3.05, 3.63) is 11.6 Å². The number of thiazole rings is 1. The summed E-state index contributed by atoms with van der Waals surface area (Å²) < 4.78 is 0. The monoisotopic (exact) mass is 336 g/mol. The lowest BCUT2D eigenvalue weighted by Gasteiger charge is -2.38. The lowest BCUT2D eigenvalue weighted by molar-refractivity contribution is -0.127. The first-order valence-corrected chi connectivity index (χ1v) is 9.72. The van der Waals surface area contributed by atoms with Crippen molar-refractivity contribution in [2.45, 2.75) is 51.6 Å². The predicted molar refractivity (Wildman–Crippen MR) is 94.9 cm³/mol. The maximum absolute atomic E-state index is 12.6. The van der Waals surface area contributed by atoms with E-state index in [4.69, 9.17) is 0 Å². The Bertz CT molecular complexity index is 499. The molecule has 2 heterocycles. The van der Waals surface area contributed by atoms with Crippen molar-refractivity contribution in [2.24, 2.45) is 5.92 Å². The van der Waals surface area contributed by atoms with E-state index in [1.807, 2.05) is 18.5 Å². The molecule has 0 spiro atoms. The summed E-state index contributed by atoms with van der Waals surface area (Å²) in [4.78, 5) is 21.6. The van der Waals surface area contributed by atoms with Crippen LogP contribution in [0, 0.1) is 5.92 Å². The Kier molecular flexibility index (Phi) is 5.54. The number of carbonyl (C=O) groups is 1. The maximum atomic E-state index is 12.6. The third kappa shape index (κ3) is 4.04. The molecule has 5 nitrogen and oxygen atoms in total. The van der Waals surface area contributed by atoms with Crippen LogP contribution in [0.4, 0.5) is 5.13 Å². The van der Waals surface area contributed by atoms with Crippen LogP contribution in [-0.2, 0) is 4.79 Å². The molecule has 2 fully saturated rings. The molecule has 1 aromatic heterocycles. The third-order valence-corrected chi connectivity index (χ3v) is 6.20. The van der Waals surface area contributed by atoms with Gasteiger partial charge in [0.1, 0.15) is 0 Å². The second-order valence-electron chi connectivity index (χ2n) is 6.89. The Morgan fingerprint density at radius 2 is 2.04 bits per heavy atom. The zero-order chi connectivity index (χ0) is 16.2. The molecule has 6 heteroatoms. The lowest BCUT2D eigenvalue weighted by atomic mass is 9.86. The van der Waals surface area contributed by atoms with Crippen LogP contribution in [0.3, 0.4) is 0 Å². The highest BCUT2D eigenvalue weighted by molar-refractivity contribution is 7.13. The van der Waals surface area contributed by atoms with Crippen molar-refractivity contribution >= 4 is 22.4 Å². The van der Waals surface area contributed by atoms with Gasteiger partial charge in [-0.15, -0.1) is 11.3 Å². The molecule has 2 aliphatic rings. The summed E-state index contributed by atoms with van der Waals surface area (Å²) in [5.74, 6) is 0.813. The highest BCUT2D eigenvalue weighted by Crippen LogP contribution is 2.24. The van der Waals surface area contributed by atoms with Crippen molar-refractivity contribution < 1.29 is 4.79 Å². The lowest BCUT2D eigenvalue weighted by Crippen LogP contribution is -2.55. The first kappa shape index (κ1) is 16.7. The number of hydrogen-bond acceptors (Lipinski definition) is 5. The largest absolute Gasteiger partial charge is 0.352 e. The number of nitrogens with one attached hydrogen (secondary N) is 1. The van der Waals surface area contributed by atoms with Gasteiger partial charge in [0, 0.05) is 43.8 Å². The summed E-state index contributed by atoms with van der Waals surface area (Å²) in [6.07, 6.45) is 6.79. The van der Waals surface area contributed by atoms with Gasteiger partial charge in [-0.2, -0.15) is 0 Å². The average molecular weight is 337 g/mol. The number of nitrogens with zero attached hydrogens (tertiary/aromatic N) is 3. The average Bonchev–Trinajstić information content (AvgIpc) is 3.11. The Hall–Kier alpha value is -1.14. The molecule has 1 saturated carbocycles. The maximum Gasteiger partial charge on any atom is 0.237 e. The first-order valence-electron chi connectivity index (χ1n) is 8.84. The van der Waals surface area contributed by atoms with Gasteiger partial charge in [0.15, 0.2) is 5.13 Å². The van der Waals surface area contributed by atoms with Crippen molar-refractivity contribution in [3.8, 4) is 0 Å². The Labute approximate surface area is 143 Å². The van der Waals surface area contributed by atoms with Crippen LogP contribution in [0.15, 0.2) is 11.6 Å². The molecule has 1 amide bonds. The zero-order valence-electron chi connectivity index (χ0n) is 14.2. The minimum atomic E-state index is -0.0393. The summed E-state index contributed by atoms with van der Waals surface area (Å²) in [7, 11) is 0. The fraction of sp³-hybridized carbons (Fsp3) is 0.765. The highest BCUT2D eigenvalue weighted by atomic mass is 32.1. The van der Waals surface area contributed by atoms with Gasteiger partial charge < -0.3 is 10.2 Å². The molecule has 1 aliphatic carbocycles. The SMILES string of the molecule is C[C@H]1CCCC[C@H]1NC(=O)[C@H](C)N1CCN(c2nccs2)CC1. The third-order valence-electron chi connectivity index (χ3n) is 5.37. The normalized spacial score (nSPS) is 27.7. The van der Waals surface area contributed by atoms with E-state index >= 15 is 0 Å². The minimum Gasteiger partial charge on any atom is -0.352 e. The molecule has 1 saturated heterocycles. The molecule has 0 aromatic carbocycles. The fourth-order valence-electron chi connectivity index (χ4n) is 3.67. The molecule has 1 aliphatic heterocycles. The second kappa shape index (κ2) is 7.62. The van der Waals surface area contributed by atoms with E-state index in [2.05, 4.69) is 27.0 Å². The van der Waals surface area contributed by atoms with E-state index < -0.39 is 0 Å². The molecular formula is C17H28N4OS. The summed E-state index contributed by atoms with van der Waals surface area (Å²) >= 11 is 1.69. The van der Waals surface area contributed by atoms with Crippen LogP contribution in [0.5, 0.6) is 0 Å². The first-order chi connectivity index (χ1) is 11.1. The fourth-order valence-corrected chi connectivity index (χ4v) is 4.37. The van der Waals surface area contributed by atoms with E-state index in [9.17, 15) is 4.79 Å². The number of hydrogen-bond donors (Lipinski definition) is 1. The van der Waals surface area contributed by atoms with E-state index in [0.29, 0.717) is 12.0 Å². The van der Waals surface area contributed by atoms with E-state index in [0.717, 1.165) is 37.7 Å². The van der Waals surface area contributed by atoms with Crippen LogP contribution < -0.4 is 10.2 Å². The molecule has 1 N–H and O–H groups in total. The number of carbonyl (C=O) groups excluding carboxylic acids is 1. The van der Waals surface area contributed by atoms with Crippen molar-refractivity contribution in [3.63, 3.8) is 0 Å². The van der Waals surface area contributed by atoms with Crippen LogP contribution >= 0.6 is 11.3 Å². The van der Waals surface area contributed by atoms with Gasteiger partial charge in [0.05, 0.1) is 6.04 Å². The molecule has 0 bridgehead atoms. The van der Waals surface area contributed by atoms with E-state index in [-0.39, 0.29) is 11.9 Å². The van der Waals surface area contributed by atoms with Crippen molar-refractivity contribution in [1.82, 2.24) is 15.2 Å². The van der Waals surface area contributed by atoms with Crippen molar-refractivity contribution in [1.29, 1.82) is 0 Å². The summed E-state index contributed by atoms with van der Waals surface area (Å²) in [6, 6.07) is 0.331. The summed E-state index contributed by atoms with van der Waals surface area (Å²) in [5.41, 5.74) is 0. The van der Waals surface area contributed by atoms with Crippen LogP contribution in [0.2, 0.25) is 0 Å². The van der Waals surface area contributed by atoms with Gasteiger partial charge in [0.2, 0.25) is 5.91 Å². The molecule has 3 atom stereocenters. The number of aromatic nitrogens is 1. The van der Waals surface area contributed by atoms with Crippen molar-refractivity contribution in [2.75, 3.05) is 31.1 Å². The highest BCUT2D eigenvalue weighted by Gasteiger charge is 2.29. The van der Waals surface area contributed by atoms with Crippen LogP contribution in [0.1, 0.15) is 39.5 Å². The second-order valence-corrected chi connectivity index (χ2v) is 7.76. The molecule has 23 heavy (non-hydrogen) atoms. The number of rotatable bonds is 4. The Morgan fingerprint density at radius 3 is 2.70 bits per heavy atom. The Morgan fingerprint density at radius 1 is 1.30 bits per heavy atom. The molecule has 3 rings (SSSR count). The number of amides is 1. The van der Waals surface area contributed by atoms with Gasteiger partial charge in [-0.05, 0) is 25.7 Å². The van der Waals surface area contributed by atoms with Gasteiger partial charge in [0.25, 0.3) is 0 Å². The number of piperazine rings is 1. The van der Waals surface area contributed by atoms with Gasteiger partial charge in [-0.25, -0.2) is 4.98 Å². The molecule has 0 radical (unpaired) electrons. The zero-order valence-corrected chi connectivity index (χ0v) is 15.0. The van der Waals surface area contributed by atoms with Gasteiger partial charge in [-0.3, -0.25) is 9.69 Å². The quantitative estimate of drug-likeness (QED) is 0.917. The molecular weight excluding hydrogens is 308 g/mol. The molecule has 1 aromatic rings. The minimum absolute atomic E-state index is 0.0393. The smallest absolute Gasteiger partial charge is 0.237 e.